The lowest BCUT2D eigenvalue weighted by molar-refractivity contribution is 0.0524. The van der Waals surface area contributed by atoms with Crippen LogP contribution in [0.2, 0.25) is 0 Å². The molecule has 0 aliphatic heterocycles. The molecule has 0 radical (unpaired) electrons. The number of hydrogen-bond acceptors (Lipinski definition) is 6. The Hall–Kier alpha value is -2.40. The van der Waals surface area contributed by atoms with Gasteiger partial charge in [0.1, 0.15) is 12.4 Å². The molecule has 0 saturated carbocycles. The molecule has 1 aromatic heterocycles. The maximum Gasteiger partial charge on any atom is 0.397 e. The monoisotopic (exact) mass is 485 g/mol. The summed E-state index contributed by atoms with van der Waals surface area (Å²) in [5.41, 5.74) is 0.802. The maximum atomic E-state index is 12.2. The molecule has 0 bridgehead atoms. The molecule has 0 spiro atoms. The summed E-state index contributed by atoms with van der Waals surface area (Å²) in [6, 6.07) is 14.9. The Balaban J connectivity index is 0.000000426. The Bertz CT molecular complexity index is 1070. The van der Waals surface area contributed by atoms with Crippen LogP contribution in [0.1, 0.15) is 23.0 Å². The molecule has 3 aromatic rings. The fourth-order valence-corrected chi connectivity index (χ4v) is 3.20. The number of aryl methyl sites for hydroxylation is 1. The second-order valence-electron chi connectivity index (χ2n) is 5.77. The second-order valence-corrected chi connectivity index (χ2v) is 7.71. The van der Waals surface area contributed by atoms with Crippen molar-refractivity contribution in [3.05, 3.63) is 64.3 Å². The van der Waals surface area contributed by atoms with Crippen LogP contribution in [0.15, 0.2) is 53.0 Å². The Morgan fingerprint density at radius 3 is 2.17 bits per heavy atom. The van der Waals surface area contributed by atoms with E-state index in [9.17, 15) is 18.3 Å². The van der Waals surface area contributed by atoms with Gasteiger partial charge in [0, 0.05) is 12.4 Å². The molecule has 0 atom stereocenters. The topological polar surface area (TPSA) is 115 Å². The van der Waals surface area contributed by atoms with E-state index in [1.165, 1.54) is 10.6 Å². The van der Waals surface area contributed by atoms with Crippen molar-refractivity contribution in [2.45, 2.75) is 13.5 Å². The SMILES string of the molecule is CCOC(=O)c1c(COS(=O)(=O)O)n(C)c2cc(Br)c(O)cc12.c1ccccc1. The molecule has 1 heterocycles. The molecule has 2 N–H and O–H groups in total. The number of rotatable bonds is 5. The summed E-state index contributed by atoms with van der Waals surface area (Å²) in [4.78, 5) is 12.2. The van der Waals surface area contributed by atoms with Gasteiger partial charge in [0.25, 0.3) is 0 Å². The quantitative estimate of drug-likeness (QED) is 0.416. The summed E-state index contributed by atoms with van der Waals surface area (Å²) in [7, 11) is -3.08. The fraction of sp³-hybridized carbons (Fsp3) is 0.211. The molecule has 0 aliphatic rings. The molecule has 0 aliphatic carbocycles. The first-order chi connectivity index (χ1) is 13.7. The van der Waals surface area contributed by atoms with Crippen molar-refractivity contribution >= 4 is 43.2 Å². The molecule has 0 saturated heterocycles. The molecular weight excluding hydrogens is 466 g/mol. The van der Waals surface area contributed by atoms with Gasteiger partial charge in [0.05, 0.1) is 27.9 Å². The van der Waals surface area contributed by atoms with Crippen LogP contribution >= 0.6 is 15.9 Å². The zero-order valence-electron chi connectivity index (χ0n) is 15.7. The van der Waals surface area contributed by atoms with Crippen LogP contribution < -0.4 is 0 Å². The van der Waals surface area contributed by atoms with Crippen molar-refractivity contribution in [1.29, 1.82) is 0 Å². The number of aromatic hydroxyl groups is 1. The predicted octanol–water partition coefficient (Wildman–Crippen LogP) is 3.83. The molecule has 29 heavy (non-hydrogen) atoms. The van der Waals surface area contributed by atoms with Crippen LogP contribution in [0.5, 0.6) is 5.75 Å². The predicted molar refractivity (Wildman–Crippen MR) is 111 cm³/mol. The smallest absolute Gasteiger partial charge is 0.397 e. The number of carbonyl (C=O) groups excluding carboxylic acids is 1. The fourth-order valence-electron chi connectivity index (χ4n) is 2.61. The molecule has 8 nitrogen and oxygen atoms in total. The highest BCUT2D eigenvalue weighted by Gasteiger charge is 2.24. The number of hydrogen-bond donors (Lipinski definition) is 2. The summed E-state index contributed by atoms with van der Waals surface area (Å²) < 4.78 is 41.6. The summed E-state index contributed by atoms with van der Waals surface area (Å²) in [5.74, 6) is -0.773. The number of nitrogens with zero attached hydrogens (tertiary/aromatic N) is 1. The minimum Gasteiger partial charge on any atom is -0.507 e. The highest BCUT2D eigenvalue weighted by molar-refractivity contribution is 9.10. The average molecular weight is 486 g/mol. The van der Waals surface area contributed by atoms with Crippen LogP contribution in [-0.4, -0.2) is 35.2 Å². The third-order valence-electron chi connectivity index (χ3n) is 3.88. The molecule has 0 amide bonds. The van der Waals surface area contributed by atoms with Gasteiger partial charge in [0.15, 0.2) is 0 Å². The molecule has 0 unspecified atom stereocenters. The van der Waals surface area contributed by atoms with Gasteiger partial charge in [-0.15, -0.1) is 0 Å². The van der Waals surface area contributed by atoms with Crippen molar-refractivity contribution in [2.75, 3.05) is 6.61 Å². The van der Waals surface area contributed by atoms with E-state index in [1.807, 2.05) is 36.4 Å². The number of esters is 1. The number of benzene rings is 2. The minimum atomic E-state index is -4.67. The van der Waals surface area contributed by atoms with Gasteiger partial charge in [-0.2, -0.15) is 8.42 Å². The maximum absolute atomic E-state index is 12.2. The lowest BCUT2D eigenvalue weighted by atomic mass is 10.1. The number of carbonyl (C=O) groups is 1. The van der Waals surface area contributed by atoms with Gasteiger partial charge in [0.2, 0.25) is 0 Å². The second kappa shape index (κ2) is 9.88. The summed E-state index contributed by atoms with van der Waals surface area (Å²) in [6.07, 6.45) is 0. The third-order valence-corrected chi connectivity index (χ3v) is 4.93. The van der Waals surface area contributed by atoms with Crippen LogP contribution in [-0.2, 0) is 33.0 Å². The van der Waals surface area contributed by atoms with Crippen LogP contribution in [0, 0.1) is 0 Å². The van der Waals surface area contributed by atoms with Crippen molar-refractivity contribution < 1.29 is 31.8 Å². The number of aromatic nitrogens is 1. The first-order valence-corrected chi connectivity index (χ1v) is 10.6. The molecule has 0 fully saturated rings. The van der Waals surface area contributed by atoms with Gasteiger partial charge in [-0.1, -0.05) is 36.4 Å². The van der Waals surface area contributed by atoms with Crippen LogP contribution in [0.4, 0.5) is 0 Å². The van der Waals surface area contributed by atoms with Crippen LogP contribution in [0.3, 0.4) is 0 Å². The molecule has 2 aromatic carbocycles. The van der Waals surface area contributed by atoms with Gasteiger partial charge >= 0.3 is 16.4 Å². The first-order valence-electron chi connectivity index (χ1n) is 8.44. The van der Waals surface area contributed by atoms with Crippen molar-refractivity contribution in [3.63, 3.8) is 0 Å². The van der Waals surface area contributed by atoms with E-state index < -0.39 is 23.0 Å². The van der Waals surface area contributed by atoms with E-state index in [0.717, 1.165) is 0 Å². The van der Waals surface area contributed by atoms with Crippen LogP contribution in [0.25, 0.3) is 10.9 Å². The zero-order valence-corrected chi connectivity index (χ0v) is 18.1. The number of fused-ring (bicyclic) bond motifs is 1. The number of halogens is 1. The van der Waals surface area contributed by atoms with E-state index in [1.54, 1.807) is 20.0 Å². The number of phenolic OH excluding ortho intramolecular Hbond substituents is 1. The first kappa shape index (κ1) is 22.9. The summed E-state index contributed by atoms with van der Waals surface area (Å²) in [6.45, 7) is 1.19. The van der Waals surface area contributed by atoms with E-state index in [-0.39, 0.29) is 23.6 Å². The van der Waals surface area contributed by atoms with Crippen molar-refractivity contribution in [2.24, 2.45) is 7.05 Å². The molecule has 156 valence electrons. The Morgan fingerprint density at radius 1 is 1.14 bits per heavy atom. The lowest BCUT2D eigenvalue weighted by Crippen LogP contribution is -2.12. The Labute approximate surface area is 176 Å². The van der Waals surface area contributed by atoms with Crippen molar-refractivity contribution in [1.82, 2.24) is 4.57 Å². The van der Waals surface area contributed by atoms with E-state index >= 15 is 0 Å². The van der Waals surface area contributed by atoms with Crippen molar-refractivity contribution in [3.8, 4) is 5.75 Å². The lowest BCUT2D eigenvalue weighted by Gasteiger charge is -2.07. The highest BCUT2D eigenvalue weighted by atomic mass is 79.9. The van der Waals surface area contributed by atoms with E-state index in [2.05, 4.69) is 20.1 Å². The van der Waals surface area contributed by atoms with E-state index in [0.29, 0.717) is 15.4 Å². The largest absolute Gasteiger partial charge is 0.507 e. The van der Waals surface area contributed by atoms with Gasteiger partial charge in [-0.3, -0.25) is 4.55 Å². The molecular formula is C19H20BrNO7S. The number of phenols is 1. The van der Waals surface area contributed by atoms with Gasteiger partial charge < -0.3 is 14.4 Å². The Kier molecular flexibility index (Phi) is 7.80. The Morgan fingerprint density at radius 2 is 1.69 bits per heavy atom. The summed E-state index contributed by atoms with van der Waals surface area (Å²) in [5, 5.41) is 10.2. The van der Waals surface area contributed by atoms with Gasteiger partial charge in [-0.25, -0.2) is 8.98 Å². The summed E-state index contributed by atoms with van der Waals surface area (Å²) >= 11 is 3.18. The van der Waals surface area contributed by atoms with E-state index in [4.69, 9.17) is 9.29 Å². The average Bonchev–Trinajstić information content (AvgIpc) is 2.93. The molecule has 3 rings (SSSR count). The molecule has 10 heteroatoms. The zero-order chi connectivity index (χ0) is 21.6. The normalized spacial score (nSPS) is 11.0. The third kappa shape index (κ3) is 6.04. The number of ether oxygens (including phenoxy) is 1. The standard InChI is InChI=1S/C13H14BrNO7S.C6H6/c1-3-21-13(17)12-7-4-11(16)8(14)5-9(7)15(2)10(12)6-22-23(18,19)20;1-2-4-6-5-3-1/h4-5,16H,3,6H2,1-2H3,(H,18,19,20);1-6H. The minimum absolute atomic E-state index is 0.0656. The van der Waals surface area contributed by atoms with Gasteiger partial charge in [-0.05, 0) is 35.0 Å². The highest BCUT2D eigenvalue weighted by Crippen LogP contribution is 2.34.